The van der Waals surface area contributed by atoms with E-state index in [0.29, 0.717) is 39.0 Å². The zero-order valence-corrected chi connectivity index (χ0v) is 23.1. The third kappa shape index (κ3) is 5.22. The maximum atomic E-state index is 14.6. The molecular weight excluding hydrogens is 521 g/mol. The van der Waals surface area contributed by atoms with Crippen LogP contribution in [0.1, 0.15) is 54.3 Å². The normalized spacial score (nSPS) is 17.5. The minimum absolute atomic E-state index is 0.0583. The lowest BCUT2D eigenvalue weighted by atomic mass is 9.83. The molecule has 0 spiro atoms. The summed E-state index contributed by atoms with van der Waals surface area (Å²) in [6.45, 7) is 2.58. The quantitative estimate of drug-likeness (QED) is 0.253. The van der Waals surface area contributed by atoms with Crippen LogP contribution in [0.3, 0.4) is 0 Å². The summed E-state index contributed by atoms with van der Waals surface area (Å²) in [7, 11) is 1.63. The molecular formula is C30H31ClFN3O2S. The highest BCUT2D eigenvalue weighted by Gasteiger charge is 2.32. The van der Waals surface area contributed by atoms with Gasteiger partial charge in [0.25, 0.3) is 5.91 Å². The van der Waals surface area contributed by atoms with E-state index >= 15 is 0 Å². The Morgan fingerprint density at radius 2 is 1.92 bits per heavy atom. The van der Waals surface area contributed by atoms with Gasteiger partial charge in [-0.25, -0.2) is 9.37 Å². The van der Waals surface area contributed by atoms with Gasteiger partial charge in [-0.1, -0.05) is 37.1 Å². The molecule has 2 aromatic heterocycles. The zero-order chi connectivity index (χ0) is 26.8. The van der Waals surface area contributed by atoms with Crippen molar-refractivity contribution in [3.63, 3.8) is 0 Å². The number of nitrogen functional groups attached to an aromatic ring is 1. The Morgan fingerprint density at radius 3 is 2.58 bits per heavy atom. The summed E-state index contributed by atoms with van der Waals surface area (Å²) in [6, 6.07) is 14.5. The number of thiophene rings is 1. The van der Waals surface area contributed by atoms with Gasteiger partial charge in [0.1, 0.15) is 22.3 Å². The number of fused-ring (bicyclic) bond motifs is 1. The summed E-state index contributed by atoms with van der Waals surface area (Å²) in [5.41, 5.74) is 8.54. The molecule has 1 aliphatic rings. The van der Waals surface area contributed by atoms with Gasteiger partial charge in [0, 0.05) is 40.0 Å². The Kier molecular flexibility index (Phi) is 7.86. The van der Waals surface area contributed by atoms with Crippen LogP contribution in [-0.4, -0.2) is 28.9 Å². The van der Waals surface area contributed by atoms with Crippen LogP contribution < -0.4 is 10.5 Å². The van der Waals surface area contributed by atoms with E-state index in [1.54, 1.807) is 31.5 Å². The molecule has 0 saturated heterocycles. The molecule has 2 heterocycles. The first-order valence-electron chi connectivity index (χ1n) is 13.0. The number of pyridine rings is 1. The number of methoxy groups -OCH3 is 1. The van der Waals surface area contributed by atoms with Gasteiger partial charge < -0.3 is 15.4 Å². The van der Waals surface area contributed by atoms with E-state index in [2.05, 4.69) is 11.9 Å². The number of carbonyl (C=O) groups is 1. The van der Waals surface area contributed by atoms with Crippen LogP contribution in [0.15, 0.2) is 54.7 Å². The summed E-state index contributed by atoms with van der Waals surface area (Å²) < 4.78 is 21.0. The number of rotatable bonds is 7. The van der Waals surface area contributed by atoms with Crippen molar-refractivity contribution in [1.82, 2.24) is 9.88 Å². The summed E-state index contributed by atoms with van der Waals surface area (Å²) in [5.74, 6) is 1.26. The molecule has 1 fully saturated rings. The number of hydrogen-bond donors (Lipinski definition) is 1. The van der Waals surface area contributed by atoms with Crippen molar-refractivity contribution in [2.24, 2.45) is 5.92 Å². The second-order valence-electron chi connectivity index (χ2n) is 9.87. The average molecular weight is 552 g/mol. The maximum Gasteiger partial charge on any atom is 0.266 e. The summed E-state index contributed by atoms with van der Waals surface area (Å²) in [5, 5.41) is 0.501. The SMILES string of the molecule is CC[C@H]1CC[C@H](N(Cc2cc(-c3ccc(N)nc3)ccc2OC)C(=O)c2sc3cccc(F)c3c2Cl)CC1. The highest BCUT2D eigenvalue weighted by Crippen LogP contribution is 2.40. The fraction of sp³-hybridized carbons (Fsp3) is 0.333. The number of nitrogens with zero attached hydrogens (tertiary/aromatic N) is 2. The second-order valence-corrected chi connectivity index (χ2v) is 11.3. The number of aromatic nitrogens is 1. The van der Waals surface area contributed by atoms with Gasteiger partial charge in [-0.3, -0.25) is 4.79 Å². The number of halogens is 2. The van der Waals surface area contributed by atoms with Gasteiger partial charge in [-0.2, -0.15) is 0 Å². The Bertz CT molecular complexity index is 1450. The first-order valence-corrected chi connectivity index (χ1v) is 14.1. The van der Waals surface area contributed by atoms with E-state index in [1.165, 1.54) is 17.4 Å². The third-order valence-corrected chi connectivity index (χ3v) is 9.27. The lowest BCUT2D eigenvalue weighted by molar-refractivity contribution is 0.0591. The molecule has 0 bridgehead atoms. The molecule has 5 rings (SSSR count). The summed E-state index contributed by atoms with van der Waals surface area (Å²) in [6.07, 6.45) is 6.88. The number of hydrogen-bond acceptors (Lipinski definition) is 5. The molecule has 38 heavy (non-hydrogen) atoms. The first-order chi connectivity index (χ1) is 18.4. The lowest BCUT2D eigenvalue weighted by Crippen LogP contribution is -2.41. The van der Waals surface area contributed by atoms with Gasteiger partial charge in [0.05, 0.1) is 12.1 Å². The van der Waals surface area contributed by atoms with Crippen LogP contribution in [0.4, 0.5) is 10.2 Å². The first kappa shape index (κ1) is 26.4. The predicted molar refractivity (Wildman–Crippen MR) is 153 cm³/mol. The molecule has 4 aromatic rings. The van der Waals surface area contributed by atoms with Crippen molar-refractivity contribution in [2.75, 3.05) is 12.8 Å². The molecule has 1 amide bonds. The lowest BCUT2D eigenvalue weighted by Gasteiger charge is -2.37. The van der Waals surface area contributed by atoms with Crippen molar-refractivity contribution in [3.8, 4) is 16.9 Å². The van der Waals surface area contributed by atoms with Crippen LogP contribution in [0, 0.1) is 11.7 Å². The van der Waals surface area contributed by atoms with Gasteiger partial charge in [0.2, 0.25) is 0 Å². The van der Waals surface area contributed by atoms with E-state index in [1.807, 2.05) is 29.2 Å². The van der Waals surface area contributed by atoms with E-state index in [0.717, 1.165) is 48.8 Å². The van der Waals surface area contributed by atoms with Crippen LogP contribution in [0.2, 0.25) is 5.02 Å². The molecule has 0 radical (unpaired) electrons. The third-order valence-electron chi connectivity index (χ3n) is 7.64. The maximum absolute atomic E-state index is 14.6. The van der Waals surface area contributed by atoms with Crippen molar-refractivity contribution < 1.29 is 13.9 Å². The minimum atomic E-state index is -0.413. The Labute approximate surface area is 231 Å². The summed E-state index contributed by atoms with van der Waals surface area (Å²) in [4.78, 5) is 20.7. The summed E-state index contributed by atoms with van der Waals surface area (Å²) >= 11 is 7.90. The van der Waals surface area contributed by atoms with Gasteiger partial charge in [-0.05, 0) is 73.6 Å². The number of anilines is 1. The van der Waals surface area contributed by atoms with E-state index < -0.39 is 5.82 Å². The number of ether oxygens (including phenoxy) is 1. The zero-order valence-electron chi connectivity index (χ0n) is 21.5. The largest absolute Gasteiger partial charge is 0.496 e. The van der Waals surface area contributed by atoms with Crippen LogP contribution >= 0.6 is 22.9 Å². The molecule has 2 N–H and O–H groups in total. The number of benzene rings is 2. The Hall–Kier alpha value is -3.16. The number of amides is 1. The molecule has 0 unspecified atom stereocenters. The van der Waals surface area contributed by atoms with E-state index in [-0.39, 0.29) is 17.0 Å². The molecule has 1 aliphatic carbocycles. The van der Waals surface area contributed by atoms with E-state index in [9.17, 15) is 9.18 Å². The Morgan fingerprint density at radius 1 is 1.16 bits per heavy atom. The van der Waals surface area contributed by atoms with Crippen molar-refractivity contribution in [3.05, 3.63) is 76.0 Å². The monoisotopic (exact) mass is 551 g/mol. The fourth-order valence-corrected chi connectivity index (χ4v) is 6.92. The minimum Gasteiger partial charge on any atom is -0.496 e. The van der Waals surface area contributed by atoms with Crippen molar-refractivity contribution >= 4 is 44.7 Å². The van der Waals surface area contributed by atoms with Gasteiger partial charge in [0.15, 0.2) is 0 Å². The van der Waals surface area contributed by atoms with Crippen LogP contribution in [0.5, 0.6) is 5.75 Å². The Balaban J connectivity index is 1.54. The highest BCUT2D eigenvalue weighted by molar-refractivity contribution is 7.21. The predicted octanol–water partition coefficient (Wildman–Crippen LogP) is 7.96. The second kappa shape index (κ2) is 11.3. The van der Waals surface area contributed by atoms with Gasteiger partial charge in [-0.15, -0.1) is 11.3 Å². The van der Waals surface area contributed by atoms with E-state index in [4.69, 9.17) is 22.1 Å². The topological polar surface area (TPSA) is 68.4 Å². The van der Waals surface area contributed by atoms with Gasteiger partial charge >= 0.3 is 0 Å². The molecule has 0 aliphatic heterocycles. The molecule has 8 heteroatoms. The van der Waals surface area contributed by atoms with Crippen LogP contribution in [-0.2, 0) is 6.54 Å². The molecule has 198 valence electrons. The smallest absolute Gasteiger partial charge is 0.266 e. The number of carbonyl (C=O) groups excluding carboxylic acids is 1. The van der Waals surface area contributed by atoms with Crippen molar-refractivity contribution in [2.45, 2.75) is 51.6 Å². The van der Waals surface area contributed by atoms with Crippen molar-refractivity contribution in [1.29, 1.82) is 0 Å². The molecule has 5 nitrogen and oxygen atoms in total. The molecule has 1 saturated carbocycles. The highest BCUT2D eigenvalue weighted by atomic mass is 35.5. The molecule has 0 atom stereocenters. The average Bonchev–Trinajstić information content (AvgIpc) is 3.29. The fourth-order valence-electron chi connectivity index (χ4n) is 5.41. The van der Waals surface area contributed by atoms with Crippen LogP contribution in [0.25, 0.3) is 21.2 Å². The standard InChI is InChI=1S/C30H31ClFN3O2S/c1-3-18-7-11-22(12-8-18)35(30(36)29-28(31)27-23(32)5-4-6-25(27)38-29)17-21-15-19(9-13-24(21)37-2)20-10-14-26(33)34-16-20/h4-6,9-10,13-16,18,22H,3,7-8,11-12,17H2,1-2H3,(H2,33,34)/t18-,22-. The number of nitrogens with two attached hydrogens (primary N) is 1. The molecule has 2 aromatic carbocycles.